The van der Waals surface area contributed by atoms with Crippen molar-refractivity contribution in [3.05, 3.63) is 17.5 Å². The number of amides is 1. The SMILES string of the molecule is CCc1cc(C(=O)NC(C)C(C)(C)N(C)CC)no1. The highest BCUT2D eigenvalue weighted by atomic mass is 16.5. The molecule has 1 N–H and O–H groups in total. The minimum atomic E-state index is -0.187. The van der Waals surface area contributed by atoms with Crippen molar-refractivity contribution >= 4 is 5.91 Å². The van der Waals surface area contributed by atoms with Crippen LogP contribution in [0.15, 0.2) is 10.6 Å². The zero-order valence-electron chi connectivity index (χ0n) is 12.8. The van der Waals surface area contributed by atoms with Crippen LogP contribution in [0.3, 0.4) is 0 Å². The molecule has 1 aromatic rings. The third-order valence-electron chi connectivity index (χ3n) is 4.01. The van der Waals surface area contributed by atoms with Crippen molar-refractivity contribution in [3.63, 3.8) is 0 Å². The Labute approximate surface area is 115 Å². The summed E-state index contributed by atoms with van der Waals surface area (Å²) in [5.41, 5.74) is 0.223. The molecule has 1 aromatic heterocycles. The van der Waals surface area contributed by atoms with Crippen molar-refractivity contribution in [2.24, 2.45) is 0 Å². The van der Waals surface area contributed by atoms with Gasteiger partial charge < -0.3 is 9.84 Å². The molecular weight excluding hydrogens is 242 g/mol. The second kappa shape index (κ2) is 6.19. The van der Waals surface area contributed by atoms with Crippen LogP contribution >= 0.6 is 0 Å². The molecule has 5 nitrogen and oxygen atoms in total. The molecule has 0 fully saturated rings. The van der Waals surface area contributed by atoms with Crippen molar-refractivity contribution in [1.29, 1.82) is 0 Å². The first kappa shape index (κ1) is 15.7. The number of hydrogen-bond donors (Lipinski definition) is 1. The van der Waals surface area contributed by atoms with E-state index >= 15 is 0 Å². The number of likely N-dealkylation sites (N-methyl/N-ethyl adjacent to an activating group) is 1. The van der Waals surface area contributed by atoms with Crippen LogP contribution in [0.4, 0.5) is 0 Å². The monoisotopic (exact) mass is 267 g/mol. The molecule has 0 spiro atoms. The Morgan fingerprint density at radius 2 is 2.16 bits per heavy atom. The minimum Gasteiger partial charge on any atom is -0.361 e. The van der Waals surface area contributed by atoms with Gasteiger partial charge in [-0.2, -0.15) is 0 Å². The van der Waals surface area contributed by atoms with Gasteiger partial charge >= 0.3 is 0 Å². The maximum atomic E-state index is 12.1. The van der Waals surface area contributed by atoms with Crippen molar-refractivity contribution in [1.82, 2.24) is 15.4 Å². The third-order valence-corrected chi connectivity index (χ3v) is 4.01. The van der Waals surface area contributed by atoms with Gasteiger partial charge in [-0.1, -0.05) is 19.0 Å². The molecule has 0 aromatic carbocycles. The molecule has 0 aliphatic heterocycles. The number of carbonyl (C=O) groups excluding carboxylic acids is 1. The molecule has 19 heavy (non-hydrogen) atoms. The number of hydrogen-bond acceptors (Lipinski definition) is 4. The highest BCUT2D eigenvalue weighted by molar-refractivity contribution is 5.92. The summed E-state index contributed by atoms with van der Waals surface area (Å²) in [5, 5.41) is 6.77. The Morgan fingerprint density at radius 1 is 1.53 bits per heavy atom. The standard InChI is InChI=1S/C14H25N3O2/c1-7-11-9-12(16-19-11)13(18)15-10(3)14(4,5)17(6)8-2/h9-10H,7-8H2,1-6H3,(H,15,18). The third kappa shape index (κ3) is 3.56. The molecule has 108 valence electrons. The van der Waals surface area contributed by atoms with E-state index in [0.717, 1.165) is 18.7 Å². The maximum Gasteiger partial charge on any atom is 0.273 e. The van der Waals surface area contributed by atoms with E-state index < -0.39 is 0 Å². The van der Waals surface area contributed by atoms with Gasteiger partial charge in [0.05, 0.1) is 0 Å². The predicted molar refractivity (Wildman–Crippen MR) is 75.2 cm³/mol. The molecule has 5 heteroatoms. The molecule has 0 bridgehead atoms. The number of nitrogens with zero attached hydrogens (tertiary/aromatic N) is 2. The second-order valence-electron chi connectivity index (χ2n) is 5.40. The Balaban J connectivity index is 2.71. The van der Waals surface area contributed by atoms with Gasteiger partial charge in [-0.05, 0) is 34.4 Å². The van der Waals surface area contributed by atoms with Gasteiger partial charge in [0.1, 0.15) is 5.76 Å². The largest absolute Gasteiger partial charge is 0.361 e. The van der Waals surface area contributed by atoms with Gasteiger partial charge in [-0.15, -0.1) is 0 Å². The normalized spacial score (nSPS) is 13.6. The van der Waals surface area contributed by atoms with E-state index in [1.165, 1.54) is 0 Å². The highest BCUT2D eigenvalue weighted by Crippen LogP contribution is 2.17. The molecule has 0 aliphatic rings. The van der Waals surface area contributed by atoms with Gasteiger partial charge in [0.2, 0.25) is 0 Å². The van der Waals surface area contributed by atoms with E-state index in [4.69, 9.17) is 4.52 Å². The van der Waals surface area contributed by atoms with Gasteiger partial charge in [-0.3, -0.25) is 9.69 Å². The Bertz CT molecular complexity index is 426. The van der Waals surface area contributed by atoms with Crippen molar-refractivity contribution in [3.8, 4) is 0 Å². The zero-order chi connectivity index (χ0) is 14.6. The second-order valence-corrected chi connectivity index (χ2v) is 5.40. The first-order valence-corrected chi connectivity index (χ1v) is 6.80. The molecule has 0 saturated heterocycles. The lowest BCUT2D eigenvalue weighted by Crippen LogP contribution is -2.56. The molecule has 1 unspecified atom stereocenters. The molecule has 0 saturated carbocycles. The first-order valence-electron chi connectivity index (χ1n) is 6.80. The number of rotatable bonds is 6. The van der Waals surface area contributed by atoms with Crippen LogP contribution in [0.25, 0.3) is 0 Å². The van der Waals surface area contributed by atoms with E-state index in [1.54, 1.807) is 6.07 Å². The first-order chi connectivity index (χ1) is 8.82. The van der Waals surface area contributed by atoms with Crippen LogP contribution in [-0.4, -0.2) is 41.1 Å². The molecule has 0 aliphatic carbocycles. The average molecular weight is 267 g/mol. The molecular formula is C14H25N3O2. The zero-order valence-corrected chi connectivity index (χ0v) is 12.8. The van der Waals surface area contributed by atoms with Crippen LogP contribution < -0.4 is 5.32 Å². The smallest absolute Gasteiger partial charge is 0.273 e. The van der Waals surface area contributed by atoms with Crippen LogP contribution in [0.5, 0.6) is 0 Å². The summed E-state index contributed by atoms with van der Waals surface area (Å²) in [5.74, 6) is 0.538. The molecule has 1 atom stereocenters. The lowest BCUT2D eigenvalue weighted by molar-refractivity contribution is 0.0818. The van der Waals surface area contributed by atoms with Gasteiger partial charge in [0.15, 0.2) is 5.69 Å². The number of nitrogens with one attached hydrogen (secondary N) is 1. The maximum absolute atomic E-state index is 12.1. The minimum absolute atomic E-state index is 0.00623. The van der Waals surface area contributed by atoms with Crippen molar-refractivity contribution in [2.75, 3.05) is 13.6 Å². The molecule has 1 rings (SSSR count). The topological polar surface area (TPSA) is 58.4 Å². The van der Waals surface area contributed by atoms with E-state index in [2.05, 4.69) is 36.1 Å². The van der Waals surface area contributed by atoms with Gasteiger partial charge in [-0.25, -0.2) is 0 Å². The van der Waals surface area contributed by atoms with E-state index in [1.807, 2.05) is 20.9 Å². The van der Waals surface area contributed by atoms with Crippen LogP contribution in [-0.2, 0) is 6.42 Å². The summed E-state index contributed by atoms with van der Waals surface area (Å²) < 4.78 is 5.05. The highest BCUT2D eigenvalue weighted by Gasteiger charge is 2.31. The quantitative estimate of drug-likeness (QED) is 0.857. The fraction of sp³-hybridized carbons (Fsp3) is 0.714. The average Bonchev–Trinajstić information content (AvgIpc) is 2.86. The number of aromatic nitrogens is 1. The lowest BCUT2D eigenvalue weighted by Gasteiger charge is -2.40. The molecule has 0 radical (unpaired) electrons. The van der Waals surface area contributed by atoms with E-state index in [9.17, 15) is 4.79 Å². The summed E-state index contributed by atoms with van der Waals surface area (Å²) in [6, 6.07) is 1.70. The number of carbonyl (C=O) groups is 1. The summed E-state index contributed by atoms with van der Waals surface area (Å²) in [4.78, 5) is 14.3. The van der Waals surface area contributed by atoms with Crippen molar-refractivity contribution in [2.45, 2.75) is 52.6 Å². The van der Waals surface area contributed by atoms with Crippen LogP contribution in [0.1, 0.15) is 50.9 Å². The summed E-state index contributed by atoms with van der Waals surface area (Å²) in [7, 11) is 2.05. The van der Waals surface area contributed by atoms with Crippen molar-refractivity contribution < 1.29 is 9.32 Å². The number of aryl methyl sites for hydroxylation is 1. The lowest BCUT2D eigenvalue weighted by atomic mass is 9.94. The molecule has 1 heterocycles. The van der Waals surface area contributed by atoms with Gasteiger partial charge in [0.25, 0.3) is 5.91 Å². The molecule has 1 amide bonds. The fourth-order valence-corrected chi connectivity index (χ4v) is 1.77. The summed E-state index contributed by atoms with van der Waals surface area (Å²) in [6.45, 7) is 11.2. The predicted octanol–water partition coefficient (Wildman–Crippen LogP) is 2.09. The fourth-order valence-electron chi connectivity index (χ4n) is 1.77. The van der Waals surface area contributed by atoms with Gasteiger partial charge in [0, 0.05) is 24.1 Å². The summed E-state index contributed by atoms with van der Waals surface area (Å²) in [6.07, 6.45) is 0.736. The van der Waals surface area contributed by atoms with Crippen LogP contribution in [0.2, 0.25) is 0 Å². The summed E-state index contributed by atoms with van der Waals surface area (Å²) >= 11 is 0. The Kier molecular flexibility index (Phi) is 5.11. The Morgan fingerprint density at radius 3 is 2.63 bits per heavy atom. The van der Waals surface area contributed by atoms with Crippen LogP contribution in [0, 0.1) is 0 Å². The van der Waals surface area contributed by atoms with E-state index in [0.29, 0.717) is 5.69 Å². The Hall–Kier alpha value is -1.36. The van der Waals surface area contributed by atoms with E-state index in [-0.39, 0.29) is 17.5 Å².